The molecule has 7 nitrogen and oxygen atoms in total. The molecule has 1 amide bonds. The van der Waals surface area contributed by atoms with Gasteiger partial charge in [-0.1, -0.05) is 19.1 Å². The fraction of sp³-hybridized carbons (Fsp3) is 0.571. The largest absolute Gasteiger partial charge is 0.412 e. The third kappa shape index (κ3) is 4.82. The highest BCUT2D eigenvalue weighted by molar-refractivity contribution is 5.70. The number of pyridine rings is 1. The van der Waals surface area contributed by atoms with Crippen molar-refractivity contribution in [1.82, 2.24) is 15.2 Å². The smallest absolute Gasteiger partial charge is 0.410 e. The first-order valence-electron chi connectivity index (χ1n) is 12.7. The Morgan fingerprint density at radius 1 is 1.26 bits per heavy atom. The van der Waals surface area contributed by atoms with Gasteiger partial charge in [0.1, 0.15) is 11.4 Å². The van der Waals surface area contributed by atoms with Gasteiger partial charge >= 0.3 is 6.09 Å². The van der Waals surface area contributed by atoms with Crippen LogP contribution in [0.2, 0.25) is 0 Å². The van der Waals surface area contributed by atoms with Crippen LogP contribution in [0.5, 0.6) is 5.75 Å². The minimum atomic E-state index is -1.40. The number of benzene rings is 1. The molecule has 0 saturated heterocycles. The van der Waals surface area contributed by atoms with Gasteiger partial charge in [-0.05, 0) is 107 Å². The number of aryl methyl sites for hydroxylation is 1. The molecule has 2 aliphatic rings. The second-order valence-electron chi connectivity index (χ2n) is 10.8. The molecule has 1 aromatic carbocycles. The Bertz CT molecular complexity index is 1040. The zero-order valence-corrected chi connectivity index (χ0v) is 21.4. The maximum Gasteiger partial charge on any atom is 0.412 e. The molecule has 35 heavy (non-hydrogen) atoms. The number of hydrogen-bond donors (Lipinski definition) is 3. The van der Waals surface area contributed by atoms with Crippen molar-refractivity contribution in [3.05, 3.63) is 59.4 Å². The Balaban J connectivity index is 1.55. The van der Waals surface area contributed by atoms with Crippen molar-refractivity contribution in [2.75, 3.05) is 27.2 Å². The van der Waals surface area contributed by atoms with E-state index in [9.17, 15) is 15.0 Å². The zero-order valence-electron chi connectivity index (χ0n) is 21.4. The Kier molecular flexibility index (Phi) is 7.23. The summed E-state index contributed by atoms with van der Waals surface area (Å²) < 4.78 is 5.56. The molecule has 4 atom stereocenters. The van der Waals surface area contributed by atoms with Gasteiger partial charge in [-0.15, -0.1) is 0 Å². The highest BCUT2D eigenvalue weighted by Crippen LogP contribution is 2.59. The van der Waals surface area contributed by atoms with Crippen LogP contribution in [0.15, 0.2) is 42.6 Å². The molecule has 1 aromatic heterocycles. The predicted molar refractivity (Wildman–Crippen MR) is 135 cm³/mol. The van der Waals surface area contributed by atoms with Crippen LogP contribution in [0.1, 0.15) is 62.8 Å². The van der Waals surface area contributed by atoms with Crippen molar-refractivity contribution in [1.29, 1.82) is 0 Å². The predicted octanol–water partition coefficient (Wildman–Crippen LogP) is 3.76. The monoisotopic (exact) mass is 481 g/mol. The number of rotatable bonds is 7. The Labute approximate surface area is 208 Å². The standard InChI is InChI=1S/C28H39N3O4/c1-5-27-19-26(2,33)28(34,24-9-6-7-14-29-24)18-21(27)11-10-20-17-22(12-13-23(20)27)35-25(32)30-15-8-16-31(3)4/h6-7,9,12-14,17,21,33-34H,5,8,10-11,15-16,18-19H2,1-4H3,(H,30,32). The van der Waals surface area contributed by atoms with Crippen molar-refractivity contribution in [2.45, 2.75) is 69.0 Å². The number of ether oxygens (including phenoxy) is 1. The van der Waals surface area contributed by atoms with E-state index in [1.165, 1.54) is 5.56 Å². The second-order valence-corrected chi connectivity index (χ2v) is 10.8. The molecule has 3 N–H and O–H groups in total. The highest BCUT2D eigenvalue weighted by atomic mass is 16.6. The van der Waals surface area contributed by atoms with Crippen LogP contribution in [0.4, 0.5) is 4.79 Å². The summed E-state index contributed by atoms with van der Waals surface area (Å²) in [5, 5.41) is 26.2. The molecule has 0 radical (unpaired) electrons. The summed E-state index contributed by atoms with van der Waals surface area (Å²) in [5.74, 6) is 0.741. The first kappa shape index (κ1) is 25.6. The molecule has 4 rings (SSSR count). The lowest BCUT2D eigenvalue weighted by Crippen LogP contribution is -2.62. The third-order valence-electron chi connectivity index (χ3n) is 8.23. The molecule has 1 fully saturated rings. The van der Waals surface area contributed by atoms with Gasteiger partial charge in [0.25, 0.3) is 0 Å². The van der Waals surface area contributed by atoms with E-state index in [4.69, 9.17) is 4.74 Å². The maximum atomic E-state index is 12.3. The lowest BCUT2D eigenvalue weighted by atomic mass is 9.49. The molecule has 7 heteroatoms. The Morgan fingerprint density at radius 2 is 2.06 bits per heavy atom. The summed E-state index contributed by atoms with van der Waals surface area (Å²) in [7, 11) is 4.01. The van der Waals surface area contributed by atoms with E-state index in [1.54, 1.807) is 19.2 Å². The number of carbonyl (C=O) groups is 1. The first-order chi connectivity index (χ1) is 16.6. The van der Waals surface area contributed by atoms with Crippen molar-refractivity contribution in [3.63, 3.8) is 0 Å². The van der Waals surface area contributed by atoms with Crippen LogP contribution >= 0.6 is 0 Å². The SMILES string of the molecule is CCC12CC(C)(O)C(O)(c3ccccn3)CC1CCc1cc(OC(=O)NCCCN(C)C)ccc12. The molecular formula is C28H39N3O4. The Hall–Kier alpha value is -2.48. The van der Waals surface area contributed by atoms with Gasteiger partial charge in [0.2, 0.25) is 0 Å². The second kappa shape index (κ2) is 9.88. The van der Waals surface area contributed by atoms with Gasteiger partial charge in [0.05, 0.1) is 11.3 Å². The van der Waals surface area contributed by atoms with E-state index in [0.717, 1.165) is 37.8 Å². The number of fused-ring (bicyclic) bond motifs is 3. The van der Waals surface area contributed by atoms with Gasteiger partial charge in [-0.3, -0.25) is 4.98 Å². The van der Waals surface area contributed by atoms with E-state index >= 15 is 0 Å². The molecule has 1 heterocycles. The summed E-state index contributed by atoms with van der Waals surface area (Å²) in [6, 6.07) is 11.4. The summed E-state index contributed by atoms with van der Waals surface area (Å²) in [6.07, 6.45) is 5.56. The Morgan fingerprint density at radius 3 is 2.74 bits per heavy atom. The van der Waals surface area contributed by atoms with E-state index in [-0.39, 0.29) is 11.3 Å². The highest BCUT2D eigenvalue weighted by Gasteiger charge is 2.61. The number of aliphatic hydroxyl groups is 2. The van der Waals surface area contributed by atoms with E-state index < -0.39 is 17.3 Å². The fourth-order valence-corrected chi connectivity index (χ4v) is 6.35. The molecule has 0 spiro atoms. The van der Waals surface area contributed by atoms with Crippen LogP contribution < -0.4 is 10.1 Å². The number of amides is 1. The average Bonchev–Trinajstić information content (AvgIpc) is 2.83. The van der Waals surface area contributed by atoms with Crippen molar-refractivity contribution < 1.29 is 19.7 Å². The van der Waals surface area contributed by atoms with Gasteiger partial charge in [-0.25, -0.2) is 4.79 Å². The molecule has 0 bridgehead atoms. The quantitative estimate of drug-likeness (QED) is 0.521. The number of carbonyl (C=O) groups excluding carboxylic acids is 1. The van der Waals surface area contributed by atoms with Gasteiger partial charge < -0.3 is 25.2 Å². The fourth-order valence-electron chi connectivity index (χ4n) is 6.35. The van der Waals surface area contributed by atoms with Crippen LogP contribution in [0, 0.1) is 5.92 Å². The van der Waals surface area contributed by atoms with Crippen molar-refractivity contribution in [2.24, 2.45) is 5.92 Å². The third-order valence-corrected chi connectivity index (χ3v) is 8.23. The normalized spacial score (nSPS) is 29.9. The van der Waals surface area contributed by atoms with Crippen LogP contribution in [-0.2, 0) is 17.4 Å². The van der Waals surface area contributed by atoms with Crippen molar-refractivity contribution >= 4 is 6.09 Å². The maximum absolute atomic E-state index is 12.3. The lowest BCUT2D eigenvalue weighted by Gasteiger charge is -2.58. The molecule has 0 aliphatic heterocycles. The summed E-state index contributed by atoms with van der Waals surface area (Å²) in [6.45, 7) is 5.37. The minimum absolute atomic E-state index is 0.207. The first-order valence-corrected chi connectivity index (χ1v) is 12.7. The lowest BCUT2D eigenvalue weighted by molar-refractivity contribution is -0.207. The average molecular weight is 482 g/mol. The van der Waals surface area contributed by atoms with Crippen LogP contribution in [0.3, 0.4) is 0 Å². The molecule has 190 valence electrons. The van der Waals surface area contributed by atoms with Crippen molar-refractivity contribution in [3.8, 4) is 5.75 Å². The number of nitrogens with zero attached hydrogens (tertiary/aromatic N) is 2. The van der Waals surface area contributed by atoms with E-state index in [2.05, 4.69) is 28.2 Å². The number of aromatic nitrogens is 1. The summed E-state index contributed by atoms with van der Waals surface area (Å²) >= 11 is 0. The molecular weight excluding hydrogens is 442 g/mol. The van der Waals surface area contributed by atoms with Gasteiger partial charge in [0.15, 0.2) is 0 Å². The zero-order chi connectivity index (χ0) is 25.3. The minimum Gasteiger partial charge on any atom is -0.410 e. The van der Waals surface area contributed by atoms with Crippen LogP contribution in [-0.4, -0.2) is 59.0 Å². The summed E-state index contributed by atoms with van der Waals surface area (Å²) in [4.78, 5) is 18.7. The number of nitrogens with one attached hydrogen (secondary N) is 1. The van der Waals surface area contributed by atoms with Gasteiger partial charge in [-0.2, -0.15) is 0 Å². The van der Waals surface area contributed by atoms with Gasteiger partial charge in [0, 0.05) is 18.2 Å². The number of hydrogen-bond acceptors (Lipinski definition) is 6. The molecule has 4 unspecified atom stereocenters. The van der Waals surface area contributed by atoms with E-state index in [1.807, 2.05) is 38.4 Å². The van der Waals surface area contributed by atoms with Crippen LogP contribution in [0.25, 0.3) is 0 Å². The van der Waals surface area contributed by atoms with E-state index in [0.29, 0.717) is 30.8 Å². The molecule has 1 saturated carbocycles. The molecule has 2 aliphatic carbocycles. The summed E-state index contributed by atoms with van der Waals surface area (Å²) in [5.41, 5.74) is -0.128. The molecule has 2 aromatic rings. The topological polar surface area (TPSA) is 94.9 Å².